The molecule has 0 saturated heterocycles. The molecule has 0 spiro atoms. The van der Waals surface area contributed by atoms with E-state index >= 15 is 0 Å². The lowest BCUT2D eigenvalue weighted by molar-refractivity contribution is -0.000221. The van der Waals surface area contributed by atoms with Gasteiger partial charge in [0.25, 0.3) is 0 Å². The number of nitrogens with zero attached hydrogens (tertiary/aromatic N) is 3. The Morgan fingerprint density at radius 3 is 2.87 bits per heavy atom. The van der Waals surface area contributed by atoms with Crippen LogP contribution in [0.4, 0.5) is 0 Å². The molecule has 1 saturated carbocycles. The van der Waals surface area contributed by atoms with Crippen LogP contribution in [0.5, 0.6) is 0 Å². The minimum atomic E-state index is -0.848. The molecule has 2 rings (SSSR count). The summed E-state index contributed by atoms with van der Waals surface area (Å²) < 4.78 is 1.66. The second-order valence-corrected chi connectivity index (χ2v) is 4.15. The topological polar surface area (TPSA) is 71.2 Å². The van der Waals surface area contributed by atoms with Crippen molar-refractivity contribution in [3.63, 3.8) is 0 Å². The molecule has 0 bridgehead atoms. The molecule has 1 heterocycles. The molecule has 1 fully saturated rings. The molecule has 1 aromatic rings. The summed E-state index contributed by atoms with van der Waals surface area (Å²) in [6.07, 6.45) is 2.97. The maximum atomic E-state index is 9.94. The summed E-state index contributed by atoms with van der Waals surface area (Å²) in [6, 6.07) is 0. The quantitative estimate of drug-likeness (QED) is 0.743. The van der Waals surface area contributed by atoms with Gasteiger partial charge in [0, 0.05) is 6.54 Å². The van der Waals surface area contributed by atoms with Gasteiger partial charge in [0.15, 0.2) is 0 Å². The van der Waals surface area contributed by atoms with E-state index in [1.165, 1.54) is 6.20 Å². The molecule has 2 unspecified atom stereocenters. The summed E-state index contributed by atoms with van der Waals surface area (Å²) in [4.78, 5) is 0. The largest absolute Gasteiger partial charge is 0.390 e. The summed E-state index contributed by atoms with van der Waals surface area (Å²) in [6.45, 7) is 2.76. The lowest BCUT2D eigenvalue weighted by Gasteiger charge is -2.17. The highest BCUT2D eigenvalue weighted by atomic mass is 16.3. The number of aliphatic hydroxyl groups excluding tert-OH is 2. The fourth-order valence-electron chi connectivity index (χ4n) is 1.75. The van der Waals surface area contributed by atoms with Gasteiger partial charge in [-0.1, -0.05) is 12.1 Å². The highest BCUT2D eigenvalue weighted by molar-refractivity contribution is 5.04. The average molecular weight is 211 g/mol. The molecule has 0 aromatic carbocycles. The summed E-state index contributed by atoms with van der Waals surface area (Å²) in [5.41, 5.74) is 0.622. The Morgan fingerprint density at radius 1 is 1.53 bits per heavy atom. The molecule has 0 amide bonds. The number of aryl methyl sites for hydroxylation is 1. The van der Waals surface area contributed by atoms with Gasteiger partial charge < -0.3 is 10.2 Å². The van der Waals surface area contributed by atoms with Crippen molar-refractivity contribution in [1.82, 2.24) is 15.0 Å². The van der Waals surface area contributed by atoms with Gasteiger partial charge in [-0.3, -0.25) is 0 Å². The number of aromatic nitrogens is 3. The van der Waals surface area contributed by atoms with E-state index in [1.807, 2.05) is 6.92 Å². The molecular weight excluding hydrogens is 194 g/mol. The highest BCUT2D eigenvalue weighted by Gasteiger charge is 2.36. The predicted molar refractivity (Wildman–Crippen MR) is 54.0 cm³/mol. The van der Waals surface area contributed by atoms with Crippen molar-refractivity contribution in [2.45, 2.75) is 44.9 Å². The molecular formula is C10H17N3O2. The fraction of sp³-hybridized carbons (Fsp3) is 0.800. The Bertz CT molecular complexity index is 322. The third-order valence-corrected chi connectivity index (χ3v) is 2.81. The Morgan fingerprint density at radius 2 is 2.27 bits per heavy atom. The van der Waals surface area contributed by atoms with Crippen LogP contribution in [0, 0.1) is 5.92 Å². The van der Waals surface area contributed by atoms with Crippen LogP contribution in [0.2, 0.25) is 0 Å². The molecule has 0 aliphatic heterocycles. The second-order valence-electron chi connectivity index (χ2n) is 4.15. The van der Waals surface area contributed by atoms with Crippen LogP contribution in [-0.4, -0.2) is 31.3 Å². The Labute approximate surface area is 88.7 Å². The lowest BCUT2D eigenvalue weighted by atomic mass is 10.1. The van der Waals surface area contributed by atoms with E-state index in [2.05, 4.69) is 10.3 Å². The minimum Gasteiger partial charge on any atom is -0.390 e. The van der Waals surface area contributed by atoms with E-state index in [4.69, 9.17) is 0 Å². The SMILES string of the molecule is CCCn1nncc1C(O)C(O)C1CC1. The third-order valence-electron chi connectivity index (χ3n) is 2.81. The summed E-state index contributed by atoms with van der Waals surface area (Å²) in [5.74, 6) is 0.255. The first-order valence-corrected chi connectivity index (χ1v) is 5.48. The first-order chi connectivity index (χ1) is 7.24. The zero-order chi connectivity index (χ0) is 10.8. The molecule has 5 nitrogen and oxygen atoms in total. The molecule has 2 atom stereocenters. The molecule has 84 valence electrons. The van der Waals surface area contributed by atoms with E-state index in [0.29, 0.717) is 5.69 Å². The van der Waals surface area contributed by atoms with Gasteiger partial charge in [0.2, 0.25) is 0 Å². The van der Waals surface area contributed by atoms with E-state index in [1.54, 1.807) is 4.68 Å². The van der Waals surface area contributed by atoms with E-state index < -0.39 is 12.2 Å². The highest BCUT2D eigenvalue weighted by Crippen LogP contribution is 2.37. The van der Waals surface area contributed by atoms with E-state index in [-0.39, 0.29) is 5.92 Å². The normalized spacial score (nSPS) is 20.2. The summed E-state index contributed by atoms with van der Waals surface area (Å²) in [5, 5.41) is 27.4. The van der Waals surface area contributed by atoms with Crippen molar-refractivity contribution in [3.8, 4) is 0 Å². The maximum absolute atomic E-state index is 9.94. The predicted octanol–water partition coefficient (Wildman–Crippen LogP) is 0.492. The van der Waals surface area contributed by atoms with E-state index in [0.717, 1.165) is 25.8 Å². The average Bonchev–Trinajstić information content (AvgIpc) is 2.98. The van der Waals surface area contributed by atoms with Crippen LogP contribution in [0.3, 0.4) is 0 Å². The van der Waals surface area contributed by atoms with Gasteiger partial charge in [0.1, 0.15) is 6.10 Å². The molecule has 0 radical (unpaired) electrons. The zero-order valence-corrected chi connectivity index (χ0v) is 8.87. The lowest BCUT2D eigenvalue weighted by Crippen LogP contribution is -2.23. The van der Waals surface area contributed by atoms with Crippen LogP contribution in [0.1, 0.15) is 38.0 Å². The number of hydrogen-bond acceptors (Lipinski definition) is 4. The Hall–Kier alpha value is -0.940. The van der Waals surface area contributed by atoms with Crippen molar-refractivity contribution in [2.24, 2.45) is 5.92 Å². The van der Waals surface area contributed by atoms with Gasteiger partial charge in [-0.2, -0.15) is 0 Å². The third kappa shape index (κ3) is 2.18. The van der Waals surface area contributed by atoms with Crippen LogP contribution >= 0.6 is 0 Å². The molecule has 15 heavy (non-hydrogen) atoms. The summed E-state index contributed by atoms with van der Waals surface area (Å²) in [7, 11) is 0. The van der Waals surface area contributed by atoms with Gasteiger partial charge in [0.05, 0.1) is 18.0 Å². The van der Waals surface area contributed by atoms with Gasteiger partial charge in [-0.05, 0) is 25.2 Å². The number of hydrogen-bond donors (Lipinski definition) is 2. The van der Waals surface area contributed by atoms with Gasteiger partial charge in [-0.25, -0.2) is 4.68 Å². The fourth-order valence-corrected chi connectivity index (χ4v) is 1.75. The molecule has 1 aromatic heterocycles. The smallest absolute Gasteiger partial charge is 0.123 e. The van der Waals surface area contributed by atoms with Crippen molar-refractivity contribution in [2.75, 3.05) is 0 Å². The van der Waals surface area contributed by atoms with E-state index in [9.17, 15) is 10.2 Å². The Balaban J connectivity index is 2.09. The standard InChI is InChI=1S/C10H17N3O2/c1-2-5-13-8(6-11-12-13)10(15)9(14)7-3-4-7/h6-7,9-10,14-15H,2-5H2,1H3. The number of aliphatic hydroxyl groups is 2. The second kappa shape index (κ2) is 4.28. The van der Waals surface area contributed by atoms with Crippen molar-refractivity contribution in [1.29, 1.82) is 0 Å². The molecule has 1 aliphatic rings. The van der Waals surface area contributed by atoms with Crippen molar-refractivity contribution < 1.29 is 10.2 Å². The first-order valence-electron chi connectivity index (χ1n) is 5.48. The summed E-state index contributed by atoms with van der Waals surface area (Å²) >= 11 is 0. The molecule has 1 aliphatic carbocycles. The van der Waals surface area contributed by atoms with Gasteiger partial charge in [-0.15, -0.1) is 5.10 Å². The van der Waals surface area contributed by atoms with Crippen molar-refractivity contribution in [3.05, 3.63) is 11.9 Å². The Kier molecular flexibility index (Phi) is 3.02. The minimum absolute atomic E-state index is 0.255. The molecule has 2 N–H and O–H groups in total. The van der Waals surface area contributed by atoms with Crippen LogP contribution in [0.15, 0.2) is 6.20 Å². The number of rotatable bonds is 5. The molecule has 5 heteroatoms. The maximum Gasteiger partial charge on any atom is 0.123 e. The first kappa shape index (κ1) is 10.6. The van der Waals surface area contributed by atoms with Crippen LogP contribution < -0.4 is 0 Å². The van der Waals surface area contributed by atoms with Crippen LogP contribution in [0.25, 0.3) is 0 Å². The van der Waals surface area contributed by atoms with Crippen molar-refractivity contribution >= 4 is 0 Å². The zero-order valence-electron chi connectivity index (χ0n) is 8.87. The van der Waals surface area contributed by atoms with Gasteiger partial charge >= 0.3 is 0 Å². The monoisotopic (exact) mass is 211 g/mol. The van der Waals surface area contributed by atoms with Crippen LogP contribution in [-0.2, 0) is 6.54 Å².